The quantitative estimate of drug-likeness (QED) is 0.625. The van der Waals surface area contributed by atoms with Gasteiger partial charge in [-0.15, -0.1) is 0 Å². The lowest BCUT2D eigenvalue weighted by molar-refractivity contribution is -0.392. The summed E-state index contributed by atoms with van der Waals surface area (Å²) in [6, 6.07) is 2.51. The number of ether oxygens (including phenoxy) is 1. The third kappa shape index (κ3) is 2.88. The van der Waals surface area contributed by atoms with Crippen LogP contribution in [0.3, 0.4) is 0 Å². The molecule has 0 aliphatic carbocycles. The average Bonchev–Trinajstić information content (AvgIpc) is 2.46. The van der Waals surface area contributed by atoms with E-state index in [9.17, 15) is 20.2 Å². The smallest absolute Gasteiger partial charge is 0.303 e. The maximum Gasteiger partial charge on any atom is 0.303 e. The van der Waals surface area contributed by atoms with Gasteiger partial charge in [0.25, 0.3) is 0 Å². The highest BCUT2D eigenvalue weighted by molar-refractivity contribution is 5.77. The molecule has 0 unspecified atom stereocenters. The largest absolute Gasteiger partial charge is 0.496 e. The van der Waals surface area contributed by atoms with E-state index in [1.807, 2.05) is 6.92 Å². The van der Waals surface area contributed by atoms with E-state index in [0.717, 1.165) is 19.3 Å². The molecule has 0 radical (unpaired) electrons. The predicted octanol–water partition coefficient (Wildman–Crippen LogP) is 2.89. The molecular weight excluding hydrogens is 278 g/mol. The fourth-order valence-corrected chi connectivity index (χ4v) is 2.70. The zero-order valence-electron chi connectivity index (χ0n) is 11.9. The Hall–Kier alpha value is -2.38. The van der Waals surface area contributed by atoms with Gasteiger partial charge in [0.15, 0.2) is 5.69 Å². The lowest BCUT2D eigenvalue weighted by Crippen LogP contribution is -2.38. The Morgan fingerprint density at radius 2 is 1.76 bits per heavy atom. The van der Waals surface area contributed by atoms with E-state index in [0.29, 0.717) is 6.54 Å². The number of nitrogens with zero attached hydrogens (tertiary/aromatic N) is 3. The van der Waals surface area contributed by atoms with Crippen molar-refractivity contribution in [3.63, 3.8) is 0 Å². The van der Waals surface area contributed by atoms with Crippen molar-refractivity contribution in [2.24, 2.45) is 0 Å². The number of hydrogen-bond donors (Lipinski definition) is 0. The number of hydrogen-bond acceptors (Lipinski definition) is 6. The second-order valence-corrected chi connectivity index (χ2v) is 5.07. The van der Waals surface area contributed by atoms with Crippen LogP contribution in [0.1, 0.15) is 26.2 Å². The van der Waals surface area contributed by atoms with Crippen LogP contribution in [0.5, 0.6) is 5.75 Å². The van der Waals surface area contributed by atoms with E-state index in [-0.39, 0.29) is 28.9 Å². The molecule has 1 aromatic carbocycles. The van der Waals surface area contributed by atoms with Crippen LogP contribution in [0.4, 0.5) is 17.1 Å². The van der Waals surface area contributed by atoms with Gasteiger partial charge in [0.05, 0.1) is 29.1 Å². The van der Waals surface area contributed by atoms with Crippen molar-refractivity contribution in [2.75, 3.05) is 18.6 Å². The summed E-state index contributed by atoms with van der Waals surface area (Å²) >= 11 is 0. The van der Waals surface area contributed by atoms with Crippen molar-refractivity contribution in [2.45, 2.75) is 32.2 Å². The second-order valence-electron chi connectivity index (χ2n) is 5.07. The molecule has 1 aromatic rings. The van der Waals surface area contributed by atoms with E-state index in [1.54, 1.807) is 4.90 Å². The van der Waals surface area contributed by atoms with E-state index in [4.69, 9.17) is 4.74 Å². The number of benzene rings is 1. The molecule has 0 bridgehead atoms. The van der Waals surface area contributed by atoms with Crippen LogP contribution in [-0.2, 0) is 0 Å². The van der Waals surface area contributed by atoms with Gasteiger partial charge >= 0.3 is 11.4 Å². The van der Waals surface area contributed by atoms with Gasteiger partial charge in [-0.3, -0.25) is 20.2 Å². The first-order valence-corrected chi connectivity index (χ1v) is 6.73. The molecule has 0 spiro atoms. The minimum atomic E-state index is -0.591. The number of piperidine rings is 1. The first-order chi connectivity index (χ1) is 9.95. The lowest BCUT2D eigenvalue weighted by atomic mass is 10.0. The molecule has 1 atom stereocenters. The lowest BCUT2D eigenvalue weighted by Gasteiger charge is -2.34. The van der Waals surface area contributed by atoms with Gasteiger partial charge < -0.3 is 9.64 Å². The van der Waals surface area contributed by atoms with Gasteiger partial charge in [0, 0.05) is 12.6 Å². The summed E-state index contributed by atoms with van der Waals surface area (Å²) in [6.07, 6.45) is 2.75. The summed E-state index contributed by atoms with van der Waals surface area (Å²) in [6.45, 7) is 2.51. The number of methoxy groups -OCH3 is 1. The van der Waals surface area contributed by atoms with Crippen molar-refractivity contribution >= 4 is 17.1 Å². The molecule has 1 aliphatic rings. The van der Waals surface area contributed by atoms with Crippen LogP contribution in [0.15, 0.2) is 12.1 Å². The number of nitro groups is 2. The van der Waals surface area contributed by atoms with E-state index < -0.39 is 9.85 Å². The van der Waals surface area contributed by atoms with Crippen LogP contribution in [0.2, 0.25) is 0 Å². The second kappa shape index (κ2) is 5.94. The van der Waals surface area contributed by atoms with Gasteiger partial charge in [-0.25, -0.2) is 0 Å². The maximum atomic E-state index is 11.3. The molecule has 8 heteroatoms. The van der Waals surface area contributed by atoms with Gasteiger partial charge in [-0.1, -0.05) is 0 Å². The van der Waals surface area contributed by atoms with E-state index >= 15 is 0 Å². The maximum absolute atomic E-state index is 11.3. The van der Waals surface area contributed by atoms with Crippen molar-refractivity contribution in [1.82, 2.24) is 0 Å². The fraction of sp³-hybridized carbons (Fsp3) is 0.538. The molecule has 0 saturated carbocycles. The first-order valence-electron chi connectivity index (χ1n) is 6.73. The van der Waals surface area contributed by atoms with Crippen LogP contribution < -0.4 is 9.64 Å². The molecule has 0 aromatic heterocycles. The van der Waals surface area contributed by atoms with Gasteiger partial charge in [-0.05, 0) is 26.2 Å². The highest BCUT2D eigenvalue weighted by atomic mass is 16.6. The summed E-state index contributed by atoms with van der Waals surface area (Å²) in [4.78, 5) is 23.2. The molecule has 1 heterocycles. The Morgan fingerprint density at radius 3 is 2.19 bits per heavy atom. The molecule has 1 aliphatic heterocycles. The normalized spacial score (nSPS) is 18.4. The average molecular weight is 295 g/mol. The first kappa shape index (κ1) is 15.0. The summed E-state index contributed by atoms with van der Waals surface area (Å²) in [7, 11) is 1.33. The Morgan fingerprint density at radius 1 is 1.19 bits per heavy atom. The Kier molecular flexibility index (Phi) is 4.25. The molecule has 0 N–H and O–H groups in total. The zero-order chi connectivity index (χ0) is 15.6. The number of nitro benzene ring substituents is 2. The highest BCUT2D eigenvalue weighted by Gasteiger charge is 2.34. The third-order valence-corrected chi connectivity index (χ3v) is 3.76. The minimum absolute atomic E-state index is 0.0320. The summed E-state index contributed by atoms with van der Waals surface area (Å²) in [5.74, 6) is 0.113. The van der Waals surface area contributed by atoms with Crippen molar-refractivity contribution in [1.29, 1.82) is 0 Å². The minimum Gasteiger partial charge on any atom is -0.496 e. The third-order valence-electron chi connectivity index (χ3n) is 3.76. The van der Waals surface area contributed by atoms with Crippen LogP contribution in [0, 0.1) is 20.2 Å². The molecule has 8 nitrogen and oxygen atoms in total. The van der Waals surface area contributed by atoms with Crippen molar-refractivity contribution < 1.29 is 14.6 Å². The van der Waals surface area contributed by atoms with Crippen LogP contribution >= 0.6 is 0 Å². The standard InChI is InChI=1S/C13H17N3O5/c1-9-5-3-4-6-14(9)13-11(15(17)18)7-10(21-2)8-12(13)16(19)20/h7-9H,3-6H2,1-2H3/t9-/m0/s1. The molecule has 1 saturated heterocycles. The predicted molar refractivity (Wildman–Crippen MR) is 77.0 cm³/mol. The summed E-state index contributed by atoms with van der Waals surface area (Å²) in [5.41, 5.74) is -0.484. The van der Waals surface area contributed by atoms with Gasteiger partial charge in [0.1, 0.15) is 5.75 Å². The molecule has 2 rings (SSSR count). The van der Waals surface area contributed by atoms with E-state index in [1.165, 1.54) is 19.2 Å². The molecule has 21 heavy (non-hydrogen) atoms. The van der Waals surface area contributed by atoms with E-state index in [2.05, 4.69) is 0 Å². The highest BCUT2D eigenvalue weighted by Crippen LogP contribution is 2.43. The van der Waals surface area contributed by atoms with Crippen molar-refractivity contribution in [3.05, 3.63) is 32.4 Å². The number of anilines is 1. The SMILES string of the molecule is COc1cc([N+](=O)[O-])c(N2CCCC[C@@H]2C)c([N+](=O)[O-])c1. The van der Waals surface area contributed by atoms with Crippen LogP contribution in [0.25, 0.3) is 0 Å². The molecule has 1 fully saturated rings. The Balaban J connectivity index is 2.65. The monoisotopic (exact) mass is 295 g/mol. The molecule has 0 amide bonds. The fourth-order valence-electron chi connectivity index (χ4n) is 2.70. The summed E-state index contributed by atoms with van der Waals surface area (Å²) in [5, 5.41) is 22.6. The van der Waals surface area contributed by atoms with Gasteiger partial charge in [0.2, 0.25) is 0 Å². The summed E-state index contributed by atoms with van der Waals surface area (Å²) < 4.78 is 4.94. The van der Waals surface area contributed by atoms with Crippen LogP contribution in [-0.4, -0.2) is 29.5 Å². The Bertz CT molecular complexity index is 540. The molecule has 114 valence electrons. The number of rotatable bonds is 4. The topological polar surface area (TPSA) is 98.8 Å². The van der Waals surface area contributed by atoms with Crippen molar-refractivity contribution in [3.8, 4) is 5.75 Å². The Labute approximate surface area is 121 Å². The molecular formula is C13H17N3O5. The van der Waals surface area contributed by atoms with Gasteiger partial charge in [-0.2, -0.15) is 0 Å². The zero-order valence-corrected chi connectivity index (χ0v) is 11.9.